The molecule has 0 fully saturated rings. The van der Waals surface area contributed by atoms with Gasteiger partial charge in [-0.1, -0.05) is 54.6 Å². The van der Waals surface area contributed by atoms with E-state index in [-0.39, 0.29) is 5.57 Å². The second-order valence-electron chi connectivity index (χ2n) is 7.07. The summed E-state index contributed by atoms with van der Waals surface area (Å²) in [6.07, 6.45) is 0. The van der Waals surface area contributed by atoms with Gasteiger partial charge in [-0.2, -0.15) is 0 Å². The number of hydrogen-bond acceptors (Lipinski definition) is 3. The molecule has 1 unspecified atom stereocenters. The monoisotopic (exact) mass is 371 g/mol. The molecule has 0 saturated carbocycles. The van der Waals surface area contributed by atoms with Crippen molar-refractivity contribution in [2.75, 3.05) is 0 Å². The molecule has 0 aromatic heterocycles. The molecule has 0 aliphatic rings. The van der Waals surface area contributed by atoms with E-state index in [1.807, 2.05) is 49.4 Å². The number of benzene rings is 2. The first-order chi connectivity index (χ1) is 12.2. The van der Waals surface area contributed by atoms with E-state index in [1.54, 1.807) is 32.9 Å². The molecule has 0 heterocycles. The molecule has 0 radical (unpaired) electrons. The molecule has 0 aliphatic heterocycles. The summed E-state index contributed by atoms with van der Waals surface area (Å²) in [6.45, 7) is 11.3. The highest BCUT2D eigenvalue weighted by atomic mass is 32.2. The van der Waals surface area contributed by atoms with Crippen LogP contribution in [0.15, 0.2) is 71.6 Å². The van der Waals surface area contributed by atoms with Crippen molar-refractivity contribution in [1.29, 1.82) is 0 Å². The molecule has 0 aliphatic carbocycles. The van der Waals surface area contributed by atoms with Crippen LogP contribution >= 0.6 is 0 Å². The lowest BCUT2D eigenvalue weighted by atomic mass is 10.0. The Labute approximate surface area is 157 Å². The number of aryl methyl sites for hydroxylation is 1. The first-order valence-electron chi connectivity index (χ1n) is 8.39. The molecule has 5 heteroatoms. The maximum atomic E-state index is 12.8. The SMILES string of the molecule is C=C(C(=O)OC(C)(C)C)[C@@H](NS(=O)c1ccc(C)cc1)c1ccccc1. The molecular formula is C21H25NO3S. The predicted octanol–water partition coefficient (Wildman–Crippen LogP) is 4.25. The zero-order valence-corrected chi connectivity index (χ0v) is 16.4. The average Bonchev–Trinajstić information content (AvgIpc) is 2.58. The van der Waals surface area contributed by atoms with Crippen molar-refractivity contribution >= 4 is 17.0 Å². The number of rotatable bonds is 6. The highest BCUT2D eigenvalue weighted by Crippen LogP contribution is 2.25. The van der Waals surface area contributed by atoms with Gasteiger partial charge in [0.25, 0.3) is 0 Å². The van der Waals surface area contributed by atoms with Gasteiger partial charge in [0.1, 0.15) is 16.6 Å². The third-order valence-electron chi connectivity index (χ3n) is 3.60. The largest absolute Gasteiger partial charge is 0.457 e. The second-order valence-corrected chi connectivity index (χ2v) is 8.32. The number of nitrogens with one attached hydrogen (secondary N) is 1. The van der Waals surface area contributed by atoms with E-state index in [9.17, 15) is 9.00 Å². The summed E-state index contributed by atoms with van der Waals surface area (Å²) in [6, 6.07) is 16.1. The fraction of sp³-hybridized carbons (Fsp3) is 0.286. The molecule has 0 saturated heterocycles. The fourth-order valence-electron chi connectivity index (χ4n) is 2.28. The molecule has 138 valence electrons. The van der Waals surface area contributed by atoms with Gasteiger partial charge in [-0.05, 0) is 45.4 Å². The van der Waals surface area contributed by atoms with Crippen LogP contribution in [0, 0.1) is 6.92 Å². The van der Waals surface area contributed by atoms with Crippen molar-refractivity contribution < 1.29 is 13.7 Å². The highest BCUT2D eigenvalue weighted by molar-refractivity contribution is 7.83. The van der Waals surface area contributed by atoms with Crippen molar-refractivity contribution in [3.63, 3.8) is 0 Å². The topological polar surface area (TPSA) is 55.4 Å². The summed E-state index contributed by atoms with van der Waals surface area (Å²) < 4.78 is 21.2. The van der Waals surface area contributed by atoms with Gasteiger partial charge < -0.3 is 4.74 Å². The van der Waals surface area contributed by atoms with Crippen LogP contribution in [0.3, 0.4) is 0 Å². The summed E-state index contributed by atoms with van der Waals surface area (Å²) in [5.41, 5.74) is 1.47. The predicted molar refractivity (Wildman–Crippen MR) is 105 cm³/mol. The Morgan fingerprint density at radius 1 is 1.08 bits per heavy atom. The Bertz CT molecular complexity index is 792. The minimum Gasteiger partial charge on any atom is -0.457 e. The molecule has 0 amide bonds. The Hall–Kier alpha value is -2.24. The Morgan fingerprint density at radius 2 is 1.65 bits per heavy atom. The van der Waals surface area contributed by atoms with E-state index in [0.717, 1.165) is 11.1 Å². The van der Waals surface area contributed by atoms with E-state index >= 15 is 0 Å². The van der Waals surface area contributed by atoms with E-state index in [1.165, 1.54) is 0 Å². The van der Waals surface area contributed by atoms with Crippen LogP contribution in [0.2, 0.25) is 0 Å². The van der Waals surface area contributed by atoms with Crippen LogP contribution in [0.5, 0.6) is 0 Å². The smallest absolute Gasteiger partial charge is 0.335 e. The molecule has 0 spiro atoms. The van der Waals surface area contributed by atoms with Crippen LogP contribution in [0.1, 0.15) is 37.9 Å². The molecule has 26 heavy (non-hydrogen) atoms. The molecule has 4 nitrogen and oxygen atoms in total. The van der Waals surface area contributed by atoms with E-state index < -0.39 is 28.6 Å². The molecule has 2 rings (SSSR count). The third kappa shape index (κ3) is 5.64. The van der Waals surface area contributed by atoms with Crippen LogP contribution in [0.25, 0.3) is 0 Å². The van der Waals surface area contributed by atoms with Gasteiger partial charge in [-0.25, -0.2) is 13.7 Å². The third-order valence-corrected chi connectivity index (χ3v) is 4.75. The average molecular weight is 372 g/mol. The molecule has 2 atom stereocenters. The maximum Gasteiger partial charge on any atom is 0.335 e. The first kappa shape index (κ1) is 20.1. The zero-order valence-electron chi connectivity index (χ0n) is 15.6. The second kappa shape index (κ2) is 8.43. The normalized spacial score (nSPS) is 13.7. The van der Waals surface area contributed by atoms with Crippen molar-refractivity contribution in [3.8, 4) is 0 Å². The number of ether oxygens (including phenoxy) is 1. The Kier molecular flexibility index (Phi) is 6.51. The van der Waals surface area contributed by atoms with Crippen LogP contribution < -0.4 is 4.72 Å². The van der Waals surface area contributed by atoms with Crippen molar-refractivity contribution in [3.05, 3.63) is 77.9 Å². The summed E-state index contributed by atoms with van der Waals surface area (Å²) in [5.74, 6) is -0.514. The van der Waals surface area contributed by atoms with Gasteiger partial charge in [0.05, 0.1) is 16.5 Å². The van der Waals surface area contributed by atoms with Crippen LogP contribution in [0.4, 0.5) is 0 Å². The summed E-state index contributed by atoms with van der Waals surface area (Å²) in [7, 11) is -1.50. The summed E-state index contributed by atoms with van der Waals surface area (Å²) in [4.78, 5) is 13.1. The summed E-state index contributed by atoms with van der Waals surface area (Å²) >= 11 is 0. The zero-order chi connectivity index (χ0) is 19.3. The van der Waals surface area contributed by atoms with Crippen molar-refractivity contribution in [1.82, 2.24) is 4.72 Å². The van der Waals surface area contributed by atoms with Gasteiger partial charge >= 0.3 is 5.97 Å². The lowest BCUT2D eigenvalue weighted by Crippen LogP contribution is -2.32. The summed E-state index contributed by atoms with van der Waals surface area (Å²) in [5, 5.41) is 0. The lowest BCUT2D eigenvalue weighted by Gasteiger charge is -2.24. The number of carbonyl (C=O) groups is 1. The van der Waals surface area contributed by atoms with E-state index in [2.05, 4.69) is 11.3 Å². The standard InChI is InChI=1S/C21H25NO3S/c1-15-11-13-18(14-12-15)26(24)22-19(17-9-7-6-8-10-17)16(2)20(23)25-21(3,4)5/h6-14,19,22H,2H2,1,3-5H3/t19-,26?/m1/s1. The lowest BCUT2D eigenvalue weighted by molar-refractivity contribution is -0.150. The minimum absolute atomic E-state index is 0.214. The number of esters is 1. The van der Waals surface area contributed by atoms with Gasteiger partial charge in [0, 0.05) is 0 Å². The van der Waals surface area contributed by atoms with Gasteiger partial charge in [-0.15, -0.1) is 0 Å². The van der Waals surface area contributed by atoms with E-state index in [4.69, 9.17) is 4.74 Å². The van der Waals surface area contributed by atoms with Gasteiger partial charge in [0.2, 0.25) is 0 Å². The van der Waals surface area contributed by atoms with Crippen LogP contribution in [-0.2, 0) is 20.5 Å². The quantitative estimate of drug-likeness (QED) is 0.610. The maximum absolute atomic E-state index is 12.8. The van der Waals surface area contributed by atoms with Crippen molar-refractivity contribution in [2.45, 2.75) is 44.2 Å². The minimum atomic E-state index is -1.50. The highest BCUT2D eigenvalue weighted by Gasteiger charge is 2.27. The molecule has 1 N–H and O–H groups in total. The van der Waals surface area contributed by atoms with Crippen molar-refractivity contribution in [2.24, 2.45) is 0 Å². The molecular weight excluding hydrogens is 346 g/mol. The molecule has 2 aromatic carbocycles. The Balaban J connectivity index is 2.27. The van der Waals surface area contributed by atoms with Gasteiger partial charge in [-0.3, -0.25) is 0 Å². The van der Waals surface area contributed by atoms with Gasteiger partial charge in [0.15, 0.2) is 0 Å². The first-order valence-corrected chi connectivity index (χ1v) is 9.54. The molecule has 2 aromatic rings. The molecule has 0 bridgehead atoms. The Morgan fingerprint density at radius 3 is 2.19 bits per heavy atom. The van der Waals surface area contributed by atoms with E-state index in [0.29, 0.717) is 4.90 Å². The van der Waals surface area contributed by atoms with Crippen LogP contribution in [-0.4, -0.2) is 15.8 Å². The number of hydrogen-bond donors (Lipinski definition) is 1. The fourth-order valence-corrected chi connectivity index (χ4v) is 3.30. The number of carbonyl (C=O) groups excluding carboxylic acids is 1.